The molecule has 0 aliphatic rings. The zero-order chi connectivity index (χ0) is 23.3. The van der Waals surface area contributed by atoms with Crippen LogP contribution < -0.4 is 21.9 Å². The Kier molecular flexibility index (Phi) is 8.21. The van der Waals surface area contributed by atoms with E-state index in [1.807, 2.05) is 25.5 Å². The molecule has 0 fully saturated rings. The Hall–Kier alpha value is -2.88. The van der Waals surface area contributed by atoms with Crippen molar-refractivity contribution < 1.29 is 9.53 Å². The number of ether oxygens (including phenoxy) is 1. The van der Waals surface area contributed by atoms with Crippen molar-refractivity contribution in [2.24, 2.45) is 5.92 Å². The Morgan fingerprint density at radius 1 is 1.29 bits per heavy atom. The fourth-order valence-corrected chi connectivity index (χ4v) is 3.59. The van der Waals surface area contributed by atoms with Gasteiger partial charge >= 0.3 is 5.69 Å². The molecule has 0 unspecified atom stereocenters. The van der Waals surface area contributed by atoms with Crippen molar-refractivity contribution in [2.45, 2.75) is 60.5 Å². The maximum atomic E-state index is 13.4. The van der Waals surface area contributed by atoms with Gasteiger partial charge in [0.2, 0.25) is 5.91 Å². The zero-order valence-corrected chi connectivity index (χ0v) is 19.3. The third-order valence-corrected chi connectivity index (χ3v) is 5.15. The first-order valence-electron chi connectivity index (χ1n) is 10.6. The van der Waals surface area contributed by atoms with E-state index in [9.17, 15) is 14.4 Å². The molecular formula is C21H34N6O4. The van der Waals surface area contributed by atoms with E-state index in [2.05, 4.69) is 23.9 Å². The van der Waals surface area contributed by atoms with Gasteiger partial charge in [-0.25, -0.2) is 4.79 Å². The molecule has 10 nitrogen and oxygen atoms in total. The number of carbonyl (C=O) groups is 1. The average Bonchev–Trinajstić information content (AvgIpc) is 2.94. The molecule has 10 heteroatoms. The number of hydrogen-bond donors (Lipinski definition) is 2. The normalized spacial score (nSPS) is 11.3. The van der Waals surface area contributed by atoms with E-state index in [0.29, 0.717) is 18.9 Å². The van der Waals surface area contributed by atoms with E-state index >= 15 is 0 Å². The fourth-order valence-electron chi connectivity index (χ4n) is 3.59. The van der Waals surface area contributed by atoms with Crippen LogP contribution in [-0.4, -0.2) is 45.5 Å². The van der Waals surface area contributed by atoms with E-state index < -0.39 is 11.2 Å². The van der Waals surface area contributed by atoms with Gasteiger partial charge in [-0.05, 0) is 26.2 Å². The number of nitrogens with zero attached hydrogens (tertiary/aromatic N) is 4. The predicted octanol–water partition coefficient (Wildman–Crippen LogP) is 1.22. The number of aromatic nitrogens is 4. The van der Waals surface area contributed by atoms with Crippen molar-refractivity contribution in [1.29, 1.82) is 0 Å². The maximum absolute atomic E-state index is 13.4. The largest absolute Gasteiger partial charge is 0.383 e. The third-order valence-electron chi connectivity index (χ3n) is 5.15. The fraction of sp³-hybridized carbons (Fsp3) is 0.619. The lowest BCUT2D eigenvalue weighted by Gasteiger charge is -2.24. The smallest absolute Gasteiger partial charge is 0.330 e. The Balaban J connectivity index is 2.48. The standard InChI is InChI=1S/C21H34N6O4/c1-7-8-26-19(22)18(20(29)23-21(26)30)25(9-10-31-6)17(28)11-16-14(4)24-27(15(16)5)12-13(2)3/h13H,7-12,22H2,1-6H3,(H,23,29,30). The Morgan fingerprint density at radius 3 is 2.55 bits per heavy atom. The molecule has 2 aromatic heterocycles. The SMILES string of the molecule is CCCn1c(N)c(N(CCOC)C(=O)Cc2c(C)nn(CC(C)C)c2C)c(=O)[nH]c1=O. The molecule has 2 heterocycles. The van der Waals surface area contributed by atoms with E-state index in [1.54, 1.807) is 0 Å². The number of aryl methyl sites for hydroxylation is 1. The predicted molar refractivity (Wildman–Crippen MR) is 120 cm³/mol. The molecule has 0 saturated heterocycles. The van der Waals surface area contributed by atoms with Gasteiger partial charge in [-0.15, -0.1) is 0 Å². The Labute approximate surface area is 182 Å². The first-order valence-corrected chi connectivity index (χ1v) is 10.6. The summed E-state index contributed by atoms with van der Waals surface area (Å²) in [6.45, 7) is 11.3. The molecule has 0 aliphatic heterocycles. The minimum Gasteiger partial charge on any atom is -0.383 e. The first kappa shape index (κ1) is 24.4. The van der Waals surface area contributed by atoms with Gasteiger partial charge in [0.05, 0.1) is 18.7 Å². The summed E-state index contributed by atoms with van der Waals surface area (Å²) in [5, 5.41) is 4.57. The number of rotatable bonds is 10. The molecule has 0 atom stereocenters. The molecule has 0 aromatic carbocycles. The van der Waals surface area contributed by atoms with Crippen LogP contribution in [0.2, 0.25) is 0 Å². The van der Waals surface area contributed by atoms with Crippen LogP contribution in [0.5, 0.6) is 0 Å². The van der Waals surface area contributed by atoms with Gasteiger partial charge in [0.25, 0.3) is 5.56 Å². The van der Waals surface area contributed by atoms with Gasteiger partial charge < -0.3 is 15.4 Å². The second-order valence-electron chi connectivity index (χ2n) is 8.09. The quantitative estimate of drug-likeness (QED) is 0.579. The second kappa shape index (κ2) is 10.4. The van der Waals surface area contributed by atoms with Crippen LogP contribution in [0.4, 0.5) is 11.5 Å². The summed E-state index contributed by atoms with van der Waals surface area (Å²) in [6, 6.07) is 0. The summed E-state index contributed by atoms with van der Waals surface area (Å²) in [7, 11) is 1.51. The molecule has 172 valence electrons. The number of hydrogen-bond acceptors (Lipinski definition) is 6. The number of nitrogens with one attached hydrogen (secondary N) is 1. The van der Waals surface area contributed by atoms with Crippen LogP contribution in [0.15, 0.2) is 9.59 Å². The summed E-state index contributed by atoms with van der Waals surface area (Å²) in [5.41, 5.74) is 7.40. The summed E-state index contributed by atoms with van der Waals surface area (Å²) < 4.78 is 8.32. The molecule has 31 heavy (non-hydrogen) atoms. The van der Waals surface area contributed by atoms with Crippen molar-refractivity contribution >= 4 is 17.4 Å². The number of nitrogens with two attached hydrogens (primary N) is 1. The summed E-state index contributed by atoms with van der Waals surface area (Å²) in [4.78, 5) is 41.7. The summed E-state index contributed by atoms with van der Waals surface area (Å²) in [6.07, 6.45) is 0.709. The van der Waals surface area contributed by atoms with E-state index in [4.69, 9.17) is 10.5 Å². The van der Waals surface area contributed by atoms with Gasteiger partial charge in [0, 0.05) is 38.0 Å². The van der Waals surface area contributed by atoms with E-state index in [-0.39, 0.29) is 37.0 Å². The summed E-state index contributed by atoms with van der Waals surface area (Å²) in [5.74, 6) is 0.0768. The minimum atomic E-state index is -0.691. The van der Waals surface area contributed by atoms with Crippen molar-refractivity contribution in [3.05, 3.63) is 37.8 Å². The van der Waals surface area contributed by atoms with Crippen LogP contribution in [0.25, 0.3) is 0 Å². The van der Waals surface area contributed by atoms with Crippen LogP contribution in [0.1, 0.15) is 44.1 Å². The molecule has 0 radical (unpaired) electrons. The second-order valence-corrected chi connectivity index (χ2v) is 8.09. The van der Waals surface area contributed by atoms with Crippen LogP contribution in [0.3, 0.4) is 0 Å². The average molecular weight is 435 g/mol. The highest BCUT2D eigenvalue weighted by atomic mass is 16.5. The van der Waals surface area contributed by atoms with Crippen molar-refractivity contribution in [3.63, 3.8) is 0 Å². The Bertz CT molecular complexity index is 1030. The maximum Gasteiger partial charge on any atom is 0.330 e. The minimum absolute atomic E-state index is 0.0241. The molecule has 2 rings (SSSR count). The molecule has 2 aromatic rings. The molecule has 0 saturated carbocycles. The topological polar surface area (TPSA) is 128 Å². The number of anilines is 2. The van der Waals surface area contributed by atoms with E-state index in [0.717, 1.165) is 23.5 Å². The van der Waals surface area contributed by atoms with Gasteiger partial charge in [-0.2, -0.15) is 5.10 Å². The number of amides is 1. The lowest BCUT2D eigenvalue weighted by molar-refractivity contribution is -0.118. The molecular weight excluding hydrogens is 400 g/mol. The Morgan fingerprint density at radius 2 is 1.97 bits per heavy atom. The van der Waals surface area contributed by atoms with Gasteiger partial charge in [0.15, 0.2) is 5.69 Å². The van der Waals surface area contributed by atoms with Crippen molar-refractivity contribution in [3.8, 4) is 0 Å². The first-order chi connectivity index (χ1) is 14.6. The molecule has 0 spiro atoms. The van der Waals surface area contributed by atoms with Crippen molar-refractivity contribution in [2.75, 3.05) is 30.9 Å². The third kappa shape index (κ3) is 5.43. The monoisotopic (exact) mass is 434 g/mol. The van der Waals surface area contributed by atoms with Crippen LogP contribution >= 0.6 is 0 Å². The highest BCUT2D eigenvalue weighted by molar-refractivity contribution is 5.97. The zero-order valence-electron chi connectivity index (χ0n) is 19.3. The number of aromatic amines is 1. The van der Waals surface area contributed by atoms with Gasteiger partial charge in [-0.3, -0.25) is 23.8 Å². The number of nitrogen functional groups attached to an aromatic ring is 1. The lowest BCUT2D eigenvalue weighted by atomic mass is 10.1. The number of methoxy groups -OCH3 is 1. The van der Waals surface area contributed by atoms with E-state index in [1.165, 1.54) is 16.6 Å². The lowest BCUT2D eigenvalue weighted by Crippen LogP contribution is -2.43. The highest BCUT2D eigenvalue weighted by Gasteiger charge is 2.26. The molecule has 0 bridgehead atoms. The molecule has 1 amide bonds. The molecule has 0 aliphatic carbocycles. The van der Waals surface area contributed by atoms with Crippen LogP contribution in [-0.2, 0) is 29.0 Å². The van der Waals surface area contributed by atoms with Crippen LogP contribution in [0, 0.1) is 19.8 Å². The van der Waals surface area contributed by atoms with Gasteiger partial charge in [0.1, 0.15) is 5.82 Å². The summed E-state index contributed by atoms with van der Waals surface area (Å²) >= 11 is 0. The number of carbonyl (C=O) groups excluding carboxylic acids is 1. The molecule has 3 N–H and O–H groups in total. The number of H-pyrrole nitrogens is 1. The highest BCUT2D eigenvalue weighted by Crippen LogP contribution is 2.21. The van der Waals surface area contributed by atoms with Crippen molar-refractivity contribution in [1.82, 2.24) is 19.3 Å². The van der Waals surface area contributed by atoms with Gasteiger partial charge in [-0.1, -0.05) is 20.8 Å².